The number of aliphatic hydroxyl groups is 4. The summed E-state index contributed by atoms with van der Waals surface area (Å²) in [6.45, 7) is 3.76. The molecule has 0 aromatic rings. The predicted molar refractivity (Wildman–Crippen MR) is 109 cm³/mol. The second-order valence-corrected chi connectivity index (χ2v) is 7.38. The summed E-state index contributed by atoms with van der Waals surface area (Å²) in [7, 11) is -4.67. The summed E-state index contributed by atoms with van der Waals surface area (Å²) >= 11 is 0. The molecule has 0 amide bonds. The third-order valence-electron chi connectivity index (χ3n) is 3.50. The van der Waals surface area contributed by atoms with Gasteiger partial charge in [0.1, 0.15) is 12.2 Å². The van der Waals surface area contributed by atoms with Crippen molar-refractivity contribution in [3.05, 3.63) is 0 Å². The van der Waals surface area contributed by atoms with Crippen molar-refractivity contribution in [3.63, 3.8) is 0 Å². The van der Waals surface area contributed by atoms with Crippen molar-refractivity contribution >= 4 is 10.4 Å². The molecule has 0 bridgehead atoms. The van der Waals surface area contributed by atoms with E-state index in [-0.39, 0.29) is 26.4 Å². The fourth-order valence-electron chi connectivity index (χ4n) is 2.01. The van der Waals surface area contributed by atoms with E-state index in [0.29, 0.717) is 0 Å². The average Bonchev–Trinajstić information content (AvgIpc) is 2.62. The Morgan fingerprint density at radius 2 is 0.929 bits per heavy atom. The standard InChI is InChI=1S/C12H26.C6H14O5.H2O4S/c1-3-5-7-9-11-12-10-8-6-4-2;7-1-5(9)3-11-4-6(10)2-8;1-5(2,3)4/h3-12H2,1-2H3;5-10H,1-4H2;(H2,1,2,3,4). The number of rotatable bonds is 15. The van der Waals surface area contributed by atoms with E-state index in [0.717, 1.165) is 0 Å². The molecule has 2 atom stereocenters. The molecule has 10 heteroatoms. The van der Waals surface area contributed by atoms with Crippen LogP contribution in [0.2, 0.25) is 0 Å². The Bertz CT molecular complexity index is 349. The molecule has 0 radical (unpaired) electrons. The highest BCUT2D eigenvalue weighted by molar-refractivity contribution is 7.79. The van der Waals surface area contributed by atoms with Gasteiger partial charge in [0, 0.05) is 0 Å². The maximum Gasteiger partial charge on any atom is 0.394 e. The van der Waals surface area contributed by atoms with Gasteiger partial charge in [-0.1, -0.05) is 78.1 Å². The minimum atomic E-state index is -4.67. The molecule has 9 nitrogen and oxygen atoms in total. The summed E-state index contributed by atoms with van der Waals surface area (Å²) < 4.78 is 36.3. The van der Waals surface area contributed by atoms with E-state index < -0.39 is 22.6 Å². The van der Waals surface area contributed by atoms with Gasteiger partial charge in [0.2, 0.25) is 0 Å². The summed E-state index contributed by atoms with van der Waals surface area (Å²) in [6.07, 6.45) is 12.6. The smallest absolute Gasteiger partial charge is 0.394 e. The summed E-state index contributed by atoms with van der Waals surface area (Å²) in [5.74, 6) is 0. The van der Waals surface area contributed by atoms with Crippen molar-refractivity contribution in [2.75, 3.05) is 26.4 Å². The molecule has 0 saturated carbocycles. The largest absolute Gasteiger partial charge is 0.394 e. The monoisotopic (exact) mass is 434 g/mol. The van der Waals surface area contributed by atoms with Crippen LogP contribution in [0.4, 0.5) is 0 Å². The third kappa shape index (κ3) is 44.8. The molecule has 174 valence electrons. The summed E-state index contributed by atoms with van der Waals surface area (Å²) in [5.41, 5.74) is 0. The highest BCUT2D eigenvalue weighted by atomic mass is 32.3. The third-order valence-corrected chi connectivity index (χ3v) is 3.50. The van der Waals surface area contributed by atoms with Crippen molar-refractivity contribution in [2.24, 2.45) is 0 Å². The molecule has 28 heavy (non-hydrogen) atoms. The maximum atomic E-state index is 8.74. The van der Waals surface area contributed by atoms with Gasteiger partial charge in [-0.25, -0.2) is 0 Å². The lowest BCUT2D eigenvalue weighted by atomic mass is 10.1. The van der Waals surface area contributed by atoms with Crippen LogP contribution in [0.25, 0.3) is 0 Å². The molecule has 0 aromatic carbocycles. The van der Waals surface area contributed by atoms with Gasteiger partial charge >= 0.3 is 10.4 Å². The predicted octanol–water partition coefficient (Wildman–Crippen LogP) is 1.98. The van der Waals surface area contributed by atoms with E-state index in [2.05, 4.69) is 13.8 Å². The molecule has 0 spiro atoms. The number of hydrogen-bond acceptors (Lipinski definition) is 7. The normalized spacial score (nSPS) is 13.0. The zero-order chi connectivity index (χ0) is 22.3. The molecule has 0 saturated heterocycles. The lowest BCUT2D eigenvalue weighted by Gasteiger charge is -2.10. The maximum absolute atomic E-state index is 8.74. The van der Waals surface area contributed by atoms with E-state index in [1.54, 1.807) is 0 Å². The molecule has 0 heterocycles. The average molecular weight is 435 g/mol. The summed E-state index contributed by atoms with van der Waals surface area (Å²) in [4.78, 5) is 0. The van der Waals surface area contributed by atoms with Crippen molar-refractivity contribution in [3.8, 4) is 0 Å². The van der Waals surface area contributed by atoms with Crippen LogP contribution in [0.1, 0.15) is 78.1 Å². The zero-order valence-electron chi connectivity index (χ0n) is 17.4. The topological polar surface area (TPSA) is 165 Å². The first-order valence-corrected chi connectivity index (χ1v) is 11.4. The second-order valence-electron chi connectivity index (χ2n) is 6.49. The van der Waals surface area contributed by atoms with Gasteiger partial charge in [0.25, 0.3) is 0 Å². The SMILES string of the molecule is CCCCCCCCCCCC.O=S(=O)(O)O.OCC(O)COCC(O)CO. The number of hydrogen-bond donors (Lipinski definition) is 6. The first-order chi connectivity index (χ1) is 13.1. The molecule has 6 N–H and O–H groups in total. The number of unbranched alkanes of at least 4 members (excludes halogenated alkanes) is 9. The van der Waals surface area contributed by atoms with Crippen LogP contribution in [-0.2, 0) is 15.1 Å². The van der Waals surface area contributed by atoms with Crippen LogP contribution in [0, 0.1) is 0 Å². The molecular weight excluding hydrogens is 392 g/mol. The Hall–Kier alpha value is -0.330. The van der Waals surface area contributed by atoms with E-state index in [9.17, 15) is 0 Å². The molecule has 0 aliphatic rings. The van der Waals surface area contributed by atoms with E-state index in [1.165, 1.54) is 64.2 Å². The Balaban J connectivity index is -0.000000362. The van der Waals surface area contributed by atoms with Gasteiger partial charge in [-0.15, -0.1) is 0 Å². The fraction of sp³-hybridized carbons (Fsp3) is 1.00. The van der Waals surface area contributed by atoms with Crippen molar-refractivity contribution < 1.29 is 42.7 Å². The second kappa shape index (κ2) is 24.7. The van der Waals surface area contributed by atoms with Gasteiger partial charge in [0.15, 0.2) is 0 Å². The quantitative estimate of drug-likeness (QED) is 0.167. The molecule has 0 fully saturated rings. The van der Waals surface area contributed by atoms with Crippen LogP contribution in [0.15, 0.2) is 0 Å². The molecule has 0 aromatic heterocycles. The molecular formula is C18H42O9S. The Labute approximate surface area is 170 Å². The first-order valence-electron chi connectivity index (χ1n) is 9.97. The van der Waals surface area contributed by atoms with Gasteiger partial charge in [-0.3, -0.25) is 9.11 Å². The highest BCUT2D eigenvalue weighted by Gasteiger charge is 2.04. The van der Waals surface area contributed by atoms with Crippen molar-refractivity contribution in [1.82, 2.24) is 0 Å². The lowest BCUT2D eigenvalue weighted by Crippen LogP contribution is -2.25. The number of ether oxygens (including phenoxy) is 1. The molecule has 0 rings (SSSR count). The minimum Gasteiger partial charge on any atom is -0.394 e. The van der Waals surface area contributed by atoms with Crippen LogP contribution < -0.4 is 0 Å². The van der Waals surface area contributed by atoms with Gasteiger partial charge in [-0.05, 0) is 0 Å². The molecule has 2 unspecified atom stereocenters. The van der Waals surface area contributed by atoms with Crippen LogP contribution in [-0.4, -0.2) is 76.6 Å². The van der Waals surface area contributed by atoms with Crippen molar-refractivity contribution in [2.45, 2.75) is 90.3 Å². The van der Waals surface area contributed by atoms with E-state index >= 15 is 0 Å². The van der Waals surface area contributed by atoms with Gasteiger partial charge in [0.05, 0.1) is 26.4 Å². The van der Waals surface area contributed by atoms with Crippen LogP contribution in [0.3, 0.4) is 0 Å². The fourth-order valence-corrected chi connectivity index (χ4v) is 2.01. The van der Waals surface area contributed by atoms with Crippen LogP contribution in [0.5, 0.6) is 0 Å². The minimum absolute atomic E-state index is 0.0342. The van der Waals surface area contributed by atoms with Gasteiger partial charge < -0.3 is 25.2 Å². The summed E-state index contributed by atoms with van der Waals surface area (Å²) in [5, 5.41) is 34.1. The zero-order valence-corrected chi connectivity index (χ0v) is 18.2. The van der Waals surface area contributed by atoms with Gasteiger partial charge in [-0.2, -0.15) is 8.42 Å². The van der Waals surface area contributed by atoms with E-state index in [1.807, 2.05) is 0 Å². The molecule has 0 aliphatic carbocycles. The highest BCUT2D eigenvalue weighted by Crippen LogP contribution is 2.09. The summed E-state index contributed by atoms with van der Waals surface area (Å²) in [6, 6.07) is 0. The molecule has 0 aliphatic heterocycles. The number of aliphatic hydroxyl groups excluding tert-OH is 4. The van der Waals surface area contributed by atoms with Crippen LogP contribution >= 0.6 is 0 Å². The van der Waals surface area contributed by atoms with E-state index in [4.69, 9.17) is 42.7 Å². The first kappa shape index (κ1) is 32.3. The van der Waals surface area contributed by atoms with Crippen molar-refractivity contribution in [1.29, 1.82) is 0 Å². The lowest BCUT2D eigenvalue weighted by molar-refractivity contribution is -0.0364. The Morgan fingerprint density at radius 3 is 1.14 bits per heavy atom. The Morgan fingerprint density at radius 1 is 0.679 bits per heavy atom. The Kier molecular flexibility index (Phi) is 28.5.